The van der Waals surface area contributed by atoms with Gasteiger partial charge in [-0.3, -0.25) is 24.5 Å². The van der Waals surface area contributed by atoms with E-state index in [1.165, 1.54) is 25.1 Å². The smallest absolute Gasteiger partial charge is 0.310 e. The number of esters is 1. The van der Waals surface area contributed by atoms with Gasteiger partial charge in [0.1, 0.15) is 5.75 Å². The van der Waals surface area contributed by atoms with Crippen molar-refractivity contribution in [1.82, 2.24) is 0 Å². The highest BCUT2D eigenvalue weighted by atomic mass is 16.6. The number of nitro groups is 1. The van der Waals surface area contributed by atoms with E-state index in [0.717, 1.165) is 0 Å². The van der Waals surface area contributed by atoms with E-state index in [1.807, 2.05) is 0 Å². The zero-order valence-corrected chi connectivity index (χ0v) is 15.3. The predicted molar refractivity (Wildman–Crippen MR) is 102 cm³/mol. The molecule has 10 heteroatoms. The fourth-order valence-electron chi connectivity index (χ4n) is 2.73. The summed E-state index contributed by atoms with van der Waals surface area (Å²) < 4.78 is 10.4. The number of nitro benzene ring substituents is 1. The van der Waals surface area contributed by atoms with Crippen LogP contribution in [0.1, 0.15) is 12.0 Å². The predicted octanol–water partition coefficient (Wildman–Crippen LogP) is 2.17. The van der Waals surface area contributed by atoms with Crippen LogP contribution in [0.2, 0.25) is 0 Å². The molecule has 3 rings (SSSR count). The number of ether oxygens (including phenoxy) is 2. The summed E-state index contributed by atoms with van der Waals surface area (Å²) in [6.45, 7) is 0.891. The van der Waals surface area contributed by atoms with Crippen LogP contribution in [-0.4, -0.2) is 35.4 Å². The summed E-state index contributed by atoms with van der Waals surface area (Å²) in [4.78, 5) is 46.4. The molecule has 2 aromatic rings. The van der Waals surface area contributed by atoms with Crippen LogP contribution in [-0.2, 0) is 19.1 Å². The summed E-state index contributed by atoms with van der Waals surface area (Å²) >= 11 is 0. The first-order valence-electron chi connectivity index (χ1n) is 8.61. The molecule has 0 saturated carbocycles. The Balaban J connectivity index is 1.52. The van der Waals surface area contributed by atoms with Gasteiger partial charge in [-0.15, -0.1) is 0 Å². The number of nitrogens with zero attached hydrogens (tertiary/aromatic N) is 1. The largest absolute Gasteiger partial charge is 0.478 e. The van der Waals surface area contributed by atoms with Gasteiger partial charge in [0.05, 0.1) is 28.3 Å². The number of carbonyl (C=O) groups excluding carboxylic acids is 3. The minimum atomic E-state index is -1.07. The van der Waals surface area contributed by atoms with Crippen molar-refractivity contribution < 1.29 is 28.8 Å². The summed E-state index contributed by atoms with van der Waals surface area (Å²) in [6.07, 6.45) is -1.44. The van der Waals surface area contributed by atoms with E-state index in [4.69, 9.17) is 9.47 Å². The highest BCUT2D eigenvalue weighted by Gasteiger charge is 2.30. The number of carbonyl (C=O) groups is 3. The molecule has 1 unspecified atom stereocenters. The van der Waals surface area contributed by atoms with Gasteiger partial charge in [0.2, 0.25) is 0 Å². The normalized spacial score (nSPS) is 14.8. The third-order valence-electron chi connectivity index (χ3n) is 4.20. The van der Waals surface area contributed by atoms with Gasteiger partial charge < -0.3 is 20.1 Å². The fraction of sp³-hybridized carbons (Fsp3) is 0.211. The minimum Gasteiger partial charge on any atom is -0.478 e. The Hall–Kier alpha value is -3.95. The van der Waals surface area contributed by atoms with Gasteiger partial charge >= 0.3 is 5.97 Å². The molecule has 0 saturated heterocycles. The molecule has 1 heterocycles. The zero-order chi connectivity index (χ0) is 21.0. The first-order valence-corrected chi connectivity index (χ1v) is 8.61. The summed E-state index contributed by atoms with van der Waals surface area (Å²) in [5.41, 5.74) is 0.893. The van der Waals surface area contributed by atoms with Crippen molar-refractivity contribution in [2.45, 2.75) is 19.4 Å². The maximum atomic E-state index is 12.0. The van der Waals surface area contributed by atoms with Crippen molar-refractivity contribution in [3.63, 3.8) is 0 Å². The highest BCUT2D eigenvalue weighted by Crippen LogP contribution is 2.29. The number of amides is 2. The van der Waals surface area contributed by atoms with Crippen molar-refractivity contribution in [3.8, 4) is 5.75 Å². The first-order chi connectivity index (χ1) is 13.8. The van der Waals surface area contributed by atoms with Crippen molar-refractivity contribution in [3.05, 3.63) is 58.1 Å². The molecule has 1 aliphatic rings. The van der Waals surface area contributed by atoms with E-state index in [2.05, 4.69) is 10.6 Å². The number of para-hydroxylation sites is 2. The molecule has 2 amide bonds. The standard InChI is InChI=1S/C19H17N3O7/c1-11-12(6-4-7-14(11)22(26)27)20-17(23)10-28-18(24)9-16-19(25)21-13-5-2-3-8-15(13)29-16/h2-8,16H,9-10H2,1H3,(H,20,23)(H,21,25). The van der Waals surface area contributed by atoms with Gasteiger partial charge in [0.15, 0.2) is 12.7 Å². The molecule has 10 nitrogen and oxygen atoms in total. The molecule has 2 N–H and O–H groups in total. The van der Waals surface area contributed by atoms with Crippen LogP contribution in [0.4, 0.5) is 17.1 Å². The number of rotatable bonds is 6. The Labute approximate surface area is 165 Å². The maximum absolute atomic E-state index is 12.0. The average Bonchev–Trinajstić information content (AvgIpc) is 2.68. The second-order valence-electron chi connectivity index (χ2n) is 6.21. The quantitative estimate of drug-likeness (QED) is 0.431. The number of benzene rings is 2. The van der Waals surface area contributed by atoms with E-state index in [-0.39, 0.29) is 23.4 Å². The van der Waals surface area contributed by atoms with Gasteiger partial charge in [-0.1, -0.05) is 18.2 Å². The van der Waals surface area contributed by atoms with Crippen molar-refractivity contribution in [2.24, 2.45) is 0 Å². The van der Waals surface area contributed by atoms with Gasteiger partial charge in [-0.25, -0.2) is 0 Å². The Morgan fingerprint density at radius 2 is 2.00 bits per heavy atom. The highest BCUT2D eigenvalue weighted by molar-refractivity contribution is 6.00. The van der Waals surface area contributed by atoms with Crippen LogP contribution < -0.4 is 15.4 Å². The fourth-order valence-corrected chi connectivity index (χ4v) is 2.73. The van der Waals surface area contributed by atoms with E-state index >= 15 is 0 Å². The molecule has 0 fully saturated rings. The van der Waals surface area contributed by atoms with Gasteiger partial charge in [-0.05, 0) is 25.1 Å². The number of hydrogen-bond donors (Lipinski definition) is 2. The van der Waals surface area contributed by atoms with Gasteiger partial charge in [-0.2, -0.15) is 0 Å². The van der Waals surface area contributed by atoms with Crippen LogP contribution in [0.3, 0.4) is 0 Å². The molecule has 150 valence electrons. The van der Waals surface area contributed by atoms with Crippen molar-refractivity contribution in [2.75, 3.05) is 17.2 Å². The van der Waals surface area contributed by atoms with Crippen LogP contribution >= 0.6 is 0 Å². The Kier molecular flexibility index (Phi) is 5.72. The van der Waals surface area contributed by atoms with E-state index in [9.17, 15) is 24.5 Å². The van der Waals surface area contributed by atoms with Gasteiger partial charge in [0, 0.05) is 6.07 Å². The number of hydrogen-bond acceptors (Lipinski definition) is 7. The monoisotopic (exact) mass is 399 g/mol. The minimum absolute atomic E-state index is 0.138. The molecule has 0 aliphatic carbocycles. The number of fused-ring (bicyclic) bond motifs is 1. The Bertz CT molecular complexity index is 990. The topological polar surface area (TPSA) is 137 Å². The molecular formula is C19H17N3O7. The van der Waals surface area contributed by atoms with E-state index < -0.39 is 35.4 Å². The average molecular weight is 399 g/mol. The third-order valence-corrected chi connectivity index (χ3v) is 4.20. The molecular weight excluding hydrogens is 382 g/mol. The molecule has 0 bridgehead atoms. The van der Waals surface area contributed by atoms with E-state index in [1.54, 1.807) is 24.3 Å². The molecule has 29 heavy (non-hydrogen) atoms. The van der Waals surface area contributed by atoms with Crippen molar-refractivity contribution in [1.29, 1.82) is 0 Å². The van der Waals surface area contributed by atoms with Crippen molar-refractivity contribution >= 4 is 34.8 Å². The van der Waals surface area contributed by atoms with E-state index in [0.29, 0.717) is 11.4 Å². The molecule has 1 atom stereocenters. The lowest BCUT2D eigenvalue weighted by Crippen LogP contribution is -2.39. The third kappa shape index (κ3) is 4.67. The summed E-state index contributed by atoms with van der Waals surface area (Å²) in [7, 11) is 0. The summed E-state index contributed by atoms with van der Waals surface area (Å²) in [6, 6.07) is 11.0. The molecule has 0 radical (unpaired) electrons. The SMILES string of the molecule is Cc1c(NC(=O)COC(=O)CC2Oc3ccccc3NC2=O)cccc1[N+](=O)[O-]. The lowest BCUT2D eigenvalue weighted by Gasteiger charge is -2.25. The first kappa shape index (κ1) is 19.8. The summed E-state index contributed by atoms with van der Waals surface area (Å²) in [5.74, 6) is -1.52. The molecule has 1 aliphatic heterocycles. The second kappa shape index (κ2) is 8.38. The lowest BCUT2D eigenvalue weighted by atomic mass is 10.1. The molecule has 2 aromatic carbocycles. The lowest BCUT2D eigenvalue weighted by molar-refractivity contribution is -0.385. The Morgan fingerprint density at radius 1 is 1.24 bits per heavy atom. The van der Waals surface area contributed by atoms with Crippen LogP contribution in [0.5, 0.6) is 5.75 Å². The molecule has 0 aromatic heterocycles. The zero-order valence-electron chi connectivity index (χ0n) is 15.3. The molecule has 0 spiro atoms. The van der Waals surface area contributed by atoms with Crippen LogP contribution in [0.15, 0.2) is 42.5 Å². The Morgan fingerprint density at radius 3 is 2.76 bits per heavy atom. The number of anilines is 2. The maximum Gasteiger partial charge on any atom is 0.310 e. The summed E-state index contributed by atoms with van der Waals surface area (Å²) in [5, 5.41) is 16.0. The number of nitrogens with one attached hydrogen (secondary N) is 2. The van der Waals surface area contributed by atoms with Crippen LogP contribution in [0.25, 0.3) is 0 Å². The van der Waals surface area contributed by atoms with Crippen LogP contribution in [0, 0.1) is 17.0 Å². The van der Waals surface area contributed by atoms with Gasteiger partial charge in [0.25, 0.3) is 17.5 Å². The second-order valence-corrected chi connectivity index (χ2v) is 6.21.